The van der Waals surface area contributed by atoms with E-state index in [0.29, 0.717) is 29.2 Å². The van der Waals surface area contributed by atoms with Gasteiger partial charge in [0.15, 0.2) is 0 Å². The van der Waals surface area contributed by atoms with Gasteiger partial charge in [-0.05, 0) is 61.0 Å². The molecule has 6 heteroatoms. The largest absolute Gasteiger partial charge is 0.351 e. The Kier molecular flexibility index (Phi) is 5.96. The van der Waals surface area contributed by atoms with Gasteiger partial charge in [0.05, 0.1) is 11.4 Å². The number of nitrogens with one attached hydrogen (secondary N) is 1. The summed E-state index contributed by atoms with van der Waals surface area (Å²) in [4.78, 5) is 12.7. The molecule has 140 valence electrons. The number of halogens is 2. The van der Waals surface area contributed by atoms with Crippen LogP contribution < -0.4 is 5.32 Å². The van der Waals surface area contributed by atoms with Gasteiger partial charge in [-0.1, -0.05) is 19.8 Å². The highest BCUT2D eigenvalue weighted by Gasteiger charge is 2.17. The molecule has 4 nitrogen and oxygen atoms in total. The Morgan fingerprint density at radius 1 is 1.00 bits per heavy atom. The SMILES string of the molecule is CCCCCNC(=O)c1cc(-c2ccc(F)cc2)nn1-c1ccc(F)cc1. The van der Waals surface area contributed by atoms with E-state index in [1.165, 1.54) is 28.9 Å². The number of benzene rings is 2. The van der Waals surface area contributed by atoms with E-state index in [1.54, 1.807) is 30.3 Å². The third-order valence-corrected chi connectivity index (χ3v) is 4.22. The minimum atomic E-state index is -0.366. The van der Waals surface area contributed by atoms with E-state index < -0.39 is 0 Å². The summed E-state index contributed by atoms with van der Waals surface area (Å²) in [6.45, 7) is 2.67. The summed E-state index contributed by atoms with van der Waals surface area (Å²) in [5.41, 5.74) is 2.15. The van der Waals surface area contributed by atoms with Crippen LogP contribution in [-0.4, -0.2) is 22.2 Å². The summed E-state index contributed by atoms with van der Waals surface area (Å²) in [5.74, 6) is -0.961. The molecule has 0 saturated heterocycles. The van der Waals surface area contributed by atoms with E-state index in [-0.39, 0.29) is 17.5 Å². The normalized spacial score (nSPS) is 10.8. The van der Waals surface area contributed by atoms with Crippen LogP contribution in [0, 0.1) is 11.6 Å². The molecule has 3 rings (SSSR count). The number of amides is 1. The first-order valence-corrected chi connectivity index (χ1v) is 8.98. The Balaban J connectivity index is 1.94. The van der Waals surface area contributed by atoms with E-state index in [4.69, 9.17) is 0 Å². The van der Waals surface area contributed by atoms with Crippen molar-refractivity contribution in [3.05, 3.63) is 71.9 Å². The molecular formula is C21H21F2N3O. The average Bonchev–Trinajstić information content (AvgIpc) is 3.12. The summed E-state index contributed by atoms with van der Waals surface area (Å²) in [6.07, 6.45) is 3.01. The van der Waals surface area contributed by atoms with Crippen LogP contribution in [0.15, 0.2) is 54.6 Å². The van der Waals surface area contributed by atoms with Crippen molar-refractivity contribution in [1.29, 1.82) is 0 Å². The van der Waals surface area contributed by atoms with Crippen molar-refractivity contribution < 1.29 is 13.6 Å². The number of hydrogen-bond acceptors (Lipinski definition) is 2. The van der Waals surface area contributed by atoms with Gasteiger partial charge in [-0.2, -0.15) is 5.10 Å². The predicted molar refractivity (Wildman–Crippen MR) is 101 cm³/mol. The van der Waals surface area contributed by atoms with E-state index in [2.05, 4.69) is 17.3 Å². The molecule has 0 atom stereocenters. The Labute approximate surface area is 156 Å². The lowest BCUT2D eigenvalue weighted by molar-refractivity contribution is 0.0945. The van der Waals surface area contributed by atoms with Crippen molar-refractivity contribution in [3.63, 3.8) is 0 Å². The molecule has 0 aliphatic rings. The van der Waals surface area contributed by atoms with Crippen LogP contribution >= 0.6 is 0 Å². The first-order chi connectivity index (χ1) is 13.1. The lowest BCUT2D eigenvalue weighted by atomic mass is 10.1. The first-order valence-electron chi connectivity index (χ1n) is 8.98. The molecular weight excluding hydrogens is 348 g/mol. The fourth-order valence-electron chi connectivity index (χ4n) is 2.75. The Morgan fingerprint density at radius 3 is 2.26 bits per heavy atom. The van der Waals surface area contributed by atoms with Crippen molar-refractivity contribution in [2.75, 3.05) is 6.54 Å². The molecule has 2 aromatic carbocycles. The molecule has 1 heterocycles. The van der Waals surface area contributed by atoms with Crippen LogP contribution in [0.25, 0.3) is 16.9 Å². The van der Waals surface area contributed by atoms with Crippen molar-refractivity contribution in [3.8, 4) is 16.9 Å². The Bertz CT molecular complexity index is 902. The number of nitrogens with zero attached hydrogens (tertiary/aromatic N) is 2. The highest BCUT2D eigenvalue weighted by Crippen LogP contribution is 2.22. The third kappa shape index (κ3) is 4.58. The zero-order chi connectivity index (χ0) is 19.2. The van der Waals surface area contributed by atoms with Crippen LogP contribution in [0.4, 0.5) is 8.78 Å². The maximum atomic E-state index is 13.3. The second-order valence-corrected chi connectivity index (χ2v) is 6.27. The van der Waals surface area contributed by atoms with Crippen molar-refractivity contribution in [2.45, 2.75) is 26.2 Å². The molecule has 0 spiro atoms. The molecule has 1 aromatic heterocycles. The molecule has 0 aliphatic heterocycles. The topological polar surface area (TPSA) is 46.9 Å². The van der Waals surface area contributed by atoms with E-state index in [9.17, 15) is 13.6 Å². The standard InChI is InChI=1S/C21H21F2N3O/c1-2-3-4-13-24-21(27)20-14-19(15-5-7-16(22)8-6-15)25-26(20)18-11-9-17(23)10-12-18/h5-12,14H,2-4,13H2,1H3,(H,24,27). The van der Waals surface area contributed by atoms with Crippen LogP contribution in [0.3, 0.4) is 0 Å². The van der Waals surface area contributed by atoms with E-state index in [0.717, 1.165) is 19.3 Å². The number of carbonyl (C=O) groups is 1. The fraction of sp³-hybridized carbons (Fsp3) is 0.238. The molecule has 0 bridgehead atoms. The van der Waals surface area contributed by atoms with Crippen LogP contribution in [0.5, 0.6) is 0 Å². The maximum Gasteiger partial charge on any atom is 0.270 e. The van der Waals surface area contributed by atoms with Gasteiger partial charge in [-0.15, -0.1) is 0 Å². The van der Waals surface area contributed by atoms with Gasteiger partial charge in [-0.25, -0.2) is 13.5 Å². The minimum absolute atomic E-state index is 0.253. The van der Waals surface area contributed by atoms with Gasteiger partial charge in [0.25, 0.3) is 5.91 Å². The van der Waals surface area contributed by atoms with Crippen LogP contribution in [0.2, 0.25) is 0 Å². The number of unbranched alkanes of at least 4 members (excludes halogenated alkanes) is 2. The van der Waals surface area contributed by atoms with Gasteiger partial charge in [-0.3, -0.25) is 4.79 Å². The molecule has 0 saturated carbocycles. The van der Waals surface area contributed by atoms with Crippen LogP contribution in [-0.2, 0) is 0 Å². The molecule has 0 unspecified atom stereocenters. The summed E-state index contributed by atoms with van der Waals surface area (Å²) in [7, 11) is 0. The predicted octanol–water partition coefficient (Wildman–Crippen LogP) is 4.74. The number of aromatic nitrogens is 2. The molecule has 1 amide bonds. The zero-order valence-electron chi connectivity index (χ0n) is 15.1. The lowest BCUT2D eigenvalue weighted by Gasteiger charge is -2.08. The molecule has 3 aromatic rings. The van der Waals surface area contributed by atoms with E-state index >= 15 is 0 Å². The van der Waals surface area contributed by atoms with Crippen molar-refractivity contribution >= 4 is 5.91 Å². The van der Waals surface area contributed by atoms with Crippen LogP contribution in [0.1, 0.15) is 36.7 Å². The number of carbonyl (C=O) groups excluding carboxylic acids is 1. The Morgan fingerprint density at radius 2 is 1.63 bits per heavy atom. The summed E-state index contributed by atoms with van der Waals surface area (Å²) >= 11 is 0. The summed E-state index contributed by atoms with van der Waals surface area (Å²) in [6, 6.07) is 13.3. The van der Waals surface area contributed by atoms with E-state index in [1.807, 2.05) is 0 Å². The Hall–Kier alpha value is -3.02. The molecule has 0 radical (unpaired) electrons. The fourth-order valence-corrected chi connectivity index (χ4v) is 2.75. The molecule has 0 fully saturated rings. The van der Waals surface area contributed by atoms with Gasteiger partial charge in [0, 0.05) is 12.1 Å². The monoisotopic (exact) mass is 369 g/mol. The average molecular weight is 369 g/mol. The van der Waals surface area contributed by atoms with Gasteiger partial charge >= 0.3 is 0 Å². The van der Waals surface area contributed by atoms with Crippen molar-refractivity contribution in [2.24, 2.45) is 0 Å². The summed E-state index contributed by atoms with van der Waals surface area (Å²) < 4.78 is 27.9. The second-order valence-electron chi connectivity index (χ2n) is 6.27. The third-order valence-electron chi connectivity index (χ3n) is 4.22. The number of hydrogen-bond donors (Lipinski definition) is 1. The minimum Gasteiger partial charge on any atom is -0.351 e. The summed E-state index contributed by atoms with van der Waals surface area (Å²) in [5, 5.41) is 7.38. The van der Waals surface area contributed by atoms with Crippen molar-refractivity contribution in [1.82, 2.24) is 15.1 Å². The highest BCUT2D eigenvalue weighted by molar-refractivity contribution is 5.94. The quantitative estimate of drug-likeness (QED) is 0.612. The van der Waals surface area contributed by atoms with Gasteiger partial charge in [0.2, 0.25) is 0 Å². The first kappa shape index (κ1) is 18.8. The molecule has 1 N–H and O–H groups in total. The zero-order valence-corrected chi connectivity index (χ0v) is 15.1. The lowest BCUT2D eigenvalue weighted by Crippen LogP contribution is -2.26. The molecule has 27 heavy (non-hydrogen) atoms. The van der Waals surface area contributed by atoms with Gasteiger partial charge < -0.3 is 5.32 Å². The highest BCUT2D eigenvalue weighted by atomic mass is 19.1. The maximum absolute atomic E-state index is 13.3. The smallest absolute Gasteiger partial charge is 0.270 e. The second kappa shape index (κ2) is 8.58. The number of rotatable bonds is 7. The molecule has 0 aliphatic carbocycles. The van der Waals surface area contributed by atoms with Gasteiger partial charge in [0.1, 0.15) is 17.3 Å².